The second-order valence-corrected chi connectivity index (χ2v) is 6.77. The Bertz CT molecular complexity index is 922. The molecule has 0 radical (unpaired) electrons. The lowest BCUT2D eigenvalue weighted by molar-refractivity contribution is 0.624. The van der Waals surface area contributed by atoms with E-state index in [0.717, 1.165) is 56.4 Å². The molecule has 3 heterocycles. The first-order valence-electron chi connectivity index (χ1n) is 9.56. The van der Waals surface area contributed by atoms with Crippen molar-refractivity contribution >= 4 is 17.7 Å². The van der Waals surface area contributed by atoms with E-state index in [1.807, 2.05) is 31.3 Å². The number of rotatable bonds is 5. The fourth-order valence-electron chi connectivity index (χ4n) is 3.26. The highest BCUT2D eigenvalue weighted by atomic mass is 15.4. The Morgan fingerprint density at radius 1 is 0.893 bits per heavy atom. The van der Waals surface area contributed by atoms with Crippen molar-refractivity contribution in [2.24, 2.45) is 0 Å². The van der Waals surface area contributed by atoms with E-state index in [9.17, 15) is 0 Å². The van der Waals surface area contributed by atoms with Crippen molar-refractivity contribution in [3.05, 3.63) is 59.8 Å². The lowest BCUT2D eigenvalue weighted by Gasteiger charge is -2.34. The molecule has 28 heavy (non-hydrogen) atoms. The molecular weight excluding hydrogens is 352 g/mol. The molecule has 4 rings (SSSR count). The van der Waals surface area contributed by atoms with Crippen LogP contribution in [0.25, 0.3) is 0 Å². The maximum Gasteiger partial charge on any atom is 0.228 e. The summed E-state index contributed by atoms with van der Waals surface area (Å²) in [7, 11) is 0. The van der Waals surface area contributed by atoms with Crippen molar-refractivity contribution in [3.63, 3.8) is 0 Å². The molecule has 0 unspecified atom stereocenters. The molecule has 1 saturated heterocycles. The van der Waals surface area contributed by atoms with Gasteiger partial charge < -0.3 is 15.5 Å². The Morgan fingerprint density at radius 3 is 2.21 bits per heavy atom. The number of hydrogen-bond donors (Lipinski definition) is 1. The molecule has 8 heteroatoms. The summed E-state index contributed by atoms with van der Waals surface area (Å²) in [4.78, 5) is 26.4. The van der Waals surface area contributed by atoms with Gasteiger partial charge >= 0.3 is 0 Å². The van der Waals surface area contributed by atoms with Gasteiger partial charge in [-0.15, -0.1) is 0 Å². The molecule has 0 atom stereocenters. The number of benzene rings is 1. The minimum absolute atomic E-state index is 0.543. The Morgan fingerprint density at radius 2 is 1.57 bits per heavy atom. The van der Waals surface area contributed by atoms with Crippen molar-refractivity contribution in [1.82, 2.24) is 24.9 Å². The summed E-state index contributed by atoms with van der Waals surface area (Å²) in [5.41, 5.74) is 8.36. The first-order chi connectivity index (χ1) is 13.7. The number of nitrogen functional groups attached to an aromatic ring is 1. The molecule has 144 valence electrons. The zero-order chi connectivity index (χ0) is 19.3. The minimum atomic E-state index is 0.543. The Balaban J connectivity index is 1.41. The summed E-state index contributed by atoms with van der Waals surface area (Å²) < 4.78 is 0. The third-order valence-electron chi connectivity index (χ3n) is 4.89. The van der Waals surface area contributed by atoms with Crippen molar-refractivity contribution < 1.29 is 0 Å². The molecule has 0 saturated carbocycles. The number of anilines is 3. The second-order valence-electron chi connectivity index (χ2n) is 6.77. The summed E-state index contributed by atoms with van der Waals surface area (Å²) in [6.45, 7) is 5.25. The quantitative estimate of drug-likeness (QED) is 0.719. The summed E-state index contributed by atoms with van der Waals surface area (Å²) >= 11 is 0. The monoisotopic (exact) mass is 376 g/mol. The first-order valence-corrected chi connectivity index (χ1v) is 9.56. The van der Waals surface area contributed by atoms with Gasteiger partial charge in [-0.3, -0.25) is 0 Å². The average molecular weight is 376 g/mol. The minimum Gasteiger partial charge on any atom is -0.383 e. The zero-order valence-corrected chi connectivity index (χ0v) is 16.0. The van der Waals surface area contributed by atoms with Crippen LogP contribution in [0.15, 0.2) is 42.9 Å². The normalized spacial score (nSPS) is 14.3. The van der Waals surface area contributed by atoms with E-state index in [1.54, 1.807) is 6.33 Å². The van der Waals surface area contributed by atoms with Crippen molar-refractivity contribution in [2.75, 3.05) is 41.7 Å². The van der Waals surface area contributed by atoms with Crippen LogP contribution in [0.3, 0.4) is 0 Å². The summed E-state index contributed by atoms with van der Waals surface area (Å²) in [5, 5.41) is 0. The van der Waals surface area contributed by atoms with Crippen LogP contribution in [-0.4, -0.2) is 51.1 Å². The molecule has 3 aromatic rings. The van der Waals surface area contributed by atoms with Crippen molar-refractivity contribution in [3.8, 4) is 0 Å². The van der Waals surface area contributed by atoms with Gasteiger partial charge in [-0.25, -0.2) is 15.0 Å². The van der Waals surface area contributed by atoms with E-state index in [0.29, 0.717) is 11.8 Å². The molecule has 2 N–H and O–H groups in total. The van der Waals surface area contributed by atoms with Crippen LogP contribution in [0.4, 0.5) is 17.7 Å². The zero-order valence-electron chi connectivity index (χ0n) is 16.0. The molecule has 1 aliphatic rings. The van der Waals surface area contributed by atoms with E-state index in [1.165, 1.54) is 5.56 Å². The molecule has 8 nitrogen and oxygen atoms in total. The van der Waals surface area contributed by atoms with E-state index < -0.39 is 0 Å². The van der Waals surface area contributed by atoms with Gasteiger partial charge in [0.2, 0.25) is 11.9 Å². The highest BCUT2D eigenvalue weighted by molar-refractivity contribution is 5.47. The Hall–Kier alpha value is -3.29. The highest BCUT2D eigenvalue weighted by Crippen LogP contribution is 2.19. The third kappa shape index (κ3) is 4.00. The summed E-state index contributed by atoms with van der Waals surface area (Å²) in [6, 6.07) is 10.2. The maximum atomic E-state index is 6.21. The van der Waals surface area contributed by atoms with E-state index in [2.05, 4.69) is 46.9 Å². The fraction of sp³-hybridized carbons (Fsp3) is 0.350. The Labute approximate surface area is 164 Å². The lowest BCUT2D eigenvalue weighted by atomic mass is 10.1. The van der Waals surface area contributed by atoms with E-state index in [-0.39, 0.29) is 0 Å². The molecular formula is C20H24N8. The van der Waals surface area contributed by atoms with E-state index >= 15 is 0 Å². The van der Waals surface area contributed by atoms with Gasteiger partial charge in [-0.2, -0.15) is 9.97 Å². The number of aromatic nitrogens is 5. The molecule has 0 aliphatic carbocycles. The number of nitrogens with two attached hydrogens (primary N) is 1. The van der Waals surface area contributed by atoms with Gasteiger partial charge in [0.05, 0.1) is 0 Å². The van der Waals surface area contributed by atoms with Gasteiger partial charge in [0.25, 0.3) is 0 Å². The predicted octanol–water partition coefficient (Wildman–Crippen LogP) is 1.72. The van der Waals surface area contributed by atoms with Crippen LogP contribution >= 0.6 is 0 Å². The van der Waals surface area contributed by atoms with Crippen LogP contribution in [-0.2, 0) is 12.8 Å². The highest BCUT2D eigenvalue weighted by Gasteiger charge is 2.21. The SMILES string of the molecule is CCc1ncnc(N2CCN(c3ncc(Cc4ccccc4)c(N)n3)CC2)n1. The number of piperazine rings is 1. The van der Waals surface area contributed by atoms with Gasteiger partial charge in [-0.1, -0.05) is 37.3 Å². The summed E-state index contributed by atoms with van der Waals surface area (Å²) in [6.07, 6.45) is 4.97. The predicted molar refractivity (Wildman–Crippen MR) is 109 cm³/mol. The van der Waals surface area contributed by atoms with Crippen LogP contribution in [0.5, 0.6) is 0 Å². The molecule has 0 amide bonds. The number of hydrogen-bond acceptors (Lipinski definition) is 8. The van der Waals surface area contributed by atoms with Crippen LogP contribution in [0, 0.1) is 0 Å². The first kappa shape index (κ1) is 18.1. The van der Waals surface area contributed by atoms with Crippen LogP contribution < -0.4 is 15.5 Å². The standard InChI is InChI=1S/C20H24N8/c1-2-17-23-14-24-20(25-17)28-10-8-27(9-11-28)19-22-13-16(18(21)26-19)12-15-6-4-3-5-7-15/h3-7,13-14H,2,8-12H2,1H3,(H2,21,22,26). The molecule has 2 aromatic heterocycles. The van der Waals surface area contributed by atoms with Gasteiger partial charge in [0.15, 0.2) is 0 Å². The smallest absolute Gasteiger partial charge is 0.228 e. The molecule has 1 fully saturated rings. The second kappa shape index (κ2) is 8.16. The van der Waals surface area contributed by atoms with Gasteiger partial charge in [0.1, 0.15) is 18.0 Å². The lowest BCUT2D eigenvalue weighted by Crippen LogP contribution is -2.47. The van der Waals surface area contributed by atoms with Crippen LogP contribution in [0.2, 0.25) is 0 Å². The largest absolute Gasteiger partial charge is 0.383 e. The molecule has 1 aliphatic heterocycles. The molecule has 0 bridgehead atoms. The maximum absolute atomic E-state index is 6.21. The number of aryl methyl sites for hydroxylation is 1. The fourth-order valence-corrected chi connectivity index (χ4v) is 3.26. The van der Waals surface area contributed by atoms with E-state index in [4.69, 9.17) is 5.73 Å². The third-order valence-corrected chi connectivity index (χ3v) is 4.89. The van der Waals surface area contributed by atoms with Crippen molar-refractivity contribution in [1.29, 1.82) is 0 Å². The van der Waals surface area contributed by atoms with Crippen molar-refractivity contribution in [2.45, 2.75) is 19.8 Å². The summed E-state index contributed by atoms with van der Waals surface area (Å²) in [5.74, 6) is 2.78. The molecule has 0 spiro atoms. The topological polar surface area (TPSA) is 97.0 Å². The average Bonchev–Trinajstić information content (AvgIpc) is 2.76. The van der Waals surface area contributed by atoms with Crippen LogP contribution in [0.1, 0.15) is 23.9 Å². The Kier molecular flexibility index (Phi) is 5.27. The van der Waals surface area contributed by atoms with Gasteiger partial charge in [-0.05, 0) is 5.56 Å². The number of nitrogens with zero attached hydrogens (tertiary/aromatic N) is 7. The molecule has 1 aromatic carbocycles. The van der Waals surface area contributed by atoms with Gasteiger partial charge in [0, 0.05) is 50.8 Å².